The SMILES string of the molecule is COc1ccc(CC(=O)O)cc1S(=O)(=O)N1CCCc2ccc(F)cc21. The second-order valence-corrected chi connectivity index (χ2v) is 7.84. The number of carbonyl (C=O) groups is 1. The van der Waals surface area contributed by atoms with Crippen molar-refractivity contribution in [3.05, 3.63) is 53.3 Å². The normalized spacial score (nSPS) is 14.0. The van der Waals surface area contributed by atoms with E-state index in [1.54, 1.807) is 6.07 Å². The van der Waals surface area contributed by atoms with E-state index < -0.39 is 21.8 Å². The zero-order valence-electron chi connectivity index (χ0n) is 14.1. The summed E-state index contributed by atoms with van der Waals surface area (Å²) in [7, 11) is -2.70. The highest BCUT2D eigenvalue weighted by molar-refractivity contribution is 7.93. The van der Waals surface area contributed by atoms with Crippen LogP contribution in [0.2, 0.25) is 0 Å². The summed E-state index contributed by atoms with van der Waals surface area (Å²) >= 11 is 0. The van der Waals surface area contributed by atoms with Gasteiger partial charge in [-0.25, -0.2) is 12.8 Å². The van der Waals surface area contributed by atoms with Gasteiger partial charge in [-0.15, -0.1) is 0 Å². The van der Waals surface area contributed by atoms with Crippen LogP contribution in [0.3, 0.4) is 0 Å². The van der Waals surface area contributed by atoms with Crippen LogP contribution in [0.1, 0.15) is 17.5 Å². The van der Waals surface area contributed by atoms with E-state index >= 15 is 0 Å². The summed E-state index contributed by atoms with van der Waals surface area (Å²) in [6, 6.07) is 8.35. The number of nitrogens with zero attached hydrogens (tertiary/aromatic N) is 1. The quantitative estimate of drug-likeness (QED) is 0.863. The largest absolute Gasteiger partial charge is 0.495 e. The minimum absolute atomic E-state index is 0.114. The van der Waals surface area contributed by atoms with Crippen LogP contribution in [-0.2, 0) is 27.7 Å². The first kappa shape index (κ1) is 18.2. The molecule has 0 saturated heterocycles. The third-order valence-electron chi connectivity index (χ3n) is 4.27. The number of rotatable bonds is 5. The Bertz CT molecular complexity index is 958. The number of anilines is 1. The second kappa shape index (κ2) is 6.95. The molecule has 0 aliphatic carbocycles. The van der Waals surface area contributed by atoms with Gasteiger partial charge < -0.3 is 9.84 Å². The number of halogens is 1. The van der Waals surface area contributed by atoms with Gasteiger partial charge in [-0.3, -0.25) is 9.10 Å². The molecule has 0 spiro atoms. The van der Waals surface area contributed by atoms with E-state index in [1.165, 1.54) is 37.4 Å². The Kier molecular flexibility index (Phi) is 4.86. The molecule has 0 fully saturated rings. The molecule has 0 unspecified atom stereocenters. The number of aliphatic carboxylic acids is 1. The van der Waals surface area contributed by atoms with Crippen LogP contribution in [0.4, 0.5) is 10.1 Å². The van der Waals surface area contributed by atoms with Crippen molar-refractivity contribution < 1.29 is 27.4 Å². The molecule has 1 aliphatic heterocycles. The molecule has 26 heavy (non-hydrogen) atoms. The van der Waals surface area contributed by atoms with Crippen molar-refractivity contribution in [2.45, 2.75) is 24.2 Å². The van der Waals surface area contributed by atoms with E-state index in [0.717, 1.165) is 9.87 Å². The van der Waals surface area contributed by atoms with E-state index in [2.05, 4.69) is 0 Å². The molecule has 6 nitrogen and oxygen atoms in total. The molecule has 8 heteroatoms. The van der Waals surface area contributed by atoms with Crippen LogP contribution in [0.5, 0.6) is 5.75 Å². The minimum Gasteiger partial charge on any atom is -0.495 e. The number of methoxy groups -OCH3 is 1. The summed E-state index contributed by atoms with van der Waals surface area (Å²) < 4.78 is 46.5. The fourth-order valence-corrected chi connectivity index (χ4v) is 4.83. The van der Waals surface area contributed by atoms with Gasteiger partial charge in [-0.1, -0.05) is 12.1 Å². The molecule has 1 aliphatic rings. The van der Waals surface area contributed by atoms with Gasteiger partial charge >= 0.3 is 5.97 Å². The third-order valence-corrected chi connectivity index (χ3v) is 6.11. The van der Waals surface area contributed by atoms with E-state index in [4.69, 9.17) is 9.84 Å². The monoisotopic (exact) mass is 379 g/mol. The third kappa shape index (κ3) is 3.37. The van der Waals surface area contributed by atoms with Gasteiger partial charge in [0.15, 0.2) is 0 Å². The highest BCUT2D eigenvalue weighted by atomic mass is 32.2. The standard InChI is InChI=1S/C18H18FNO5S/c1-25-16-7-4-12(10-18(21)22)9-17(16)26(23,24)20-8-2-3-13-5-6-14(19)11-15(13)20/h4-7,9,11H,2-3,8,10H2,1H3,(H,21,22). The number of carboxylic acids is 1. The number of ether oxygens (including phenoxy) is 1. The molecule has 0 atom stereocenters. The van der Waals surface area contributed by atoms with E-state index in [-0.39, 0.29) is 23.6 Å². The van der Waals surface area contributed by atoms with Gasteiger partial charge in [0.25, 0.3) is 10.0 Å². The topological polar surface area (TPSA) is 83.9 Å². The number of sulfonamides is 1. The maximum absolute atomic E-state index is 13.7. The average Bonchev–Trinajstić information content (AvgIpc) is 2.60. The smallest absolute Gasteiger partial charge is 0.307 e. The van der Waals surface area contributed by atoms with E-state index in [9.17, 15) is 17.6 Å². The highest BCUT2D eigenvalue weighted by Crippen LogP contribution is 2.35. The lowest BCUT2D eigenvalue weighted by molar-refractivity contribution is -0.136. The summed E-state index contributed by atoms with van der Waals surface area (Å²) in [5, 5.41) is 8.96. The first-order valence-electron chi connectivity index (χ1n) is 8.03. The number of aryl methyl sites for hydroxylation is 1. The lowest BCUT2D eigenvalue weighted by Crippen LogP contribution is -2.35. The van der Waals surface area contributed by atoms with E-state index in [1.807, 2.05) is 0 Å². The first-order valence-corrected chi connectivity index (χ1v) is 9.47. The number of fused-ring (bicyclic) bond motifs is 1. The lowest BCUT2D eigenvalue weighted by atomic mass is 10.0. The Hall–Kier alpha value is -2.61. The Labute approximate surface area is 150 Å². The van der Waals surface area contributed by atoms with E-state index in [0.29, 0.717) is 24.1 Å². The van der Waals surface area contributed by atoms with Crippen molar-refractivity contribution >= 4 is 21.7 Å². The molecular formula is C18H18FNO5S. The van der Waals surface area contributed by atoms with Gasteiger partial charge in [0, 0.05) is 6.54 Å². The molecular weight excluding hydrogens is 361 g/mol. The summed E-state index contributed by atoms with van der Waals surface area (Å²) in [6.07, 6.45) is 0.963. The molecule has 1 N–H and O–H groups in total. The van der Waals surface area contributed by atoms with Crippen molar-refractivity contribution in [2.75, 3.05) is 18.0 Å². The van der Waals surface area contributed by atoms with Gasteiger partial charge in [0.2, 0.25) is 0 Å². The Morgan fingerprint density at radius 3 is 2.73 bits per heavy atom. The number of hydrogen-bond acceptors (Lipinski definition) is 4. The van der Waals surface area contributed by atoms with Gasteiger partial charge in [-0.2, -0.15) is 0 Å². The van der Waals surface area contributed by atoms with Crippen molar-refractivity contribution in [1.29, 1.82) is 0 Å². The molecule has 0 aromatic heterocycles. The number of carboxylic acid groups (broad SMARTS) is 1. The summed E-state index contributed by atoms with van der Waals surface area (Å²) in [5.41, 5.74) is 1.40. The first-order chi connectivity index (χ1) is 12.3. The molecule has 0 radical (unpaired) electrons. The Morgan fingerprint density at radius 2 is 2.04 bits per heavy atom. The predicted molar refractivity (Wildman–Crippen MR) is 93.6 cm³/mol. The zero-order chi connectivity index (χ0) is 18.9. The number of hydrogen-bond donors (Lipinski definition) is 1. The second-order valence-electron chi connectivity index (χ2n) is 6.01. The molecule has 2 aromatic rings. The van der Waals surface area contributed by atoms with Crippen LogP contribution in [-0.4, -0.2) is 33.1 Å². The van der Waals surface area contributed by atoms with Crippen LogP contribution in [0, 0.1) is 5.82 Å². The van der Waals surface area contributed by atoms with Crippen LogP contribution in [0.15, 0.2) is 41.3 Å². The maximum atomic E-state index is 13.7. The molecule has 0 amide bonds. The summed E-state index contributed by atoms with van der Waals surface area (Å²) in [6.45, 7) is 0.213. The fourth-order valence-electron chi connectivity index (χ4n) is 3.09. The maximum Gasteiger partial charge on any atom is 0.307 e. The summed E-state index contributed by atoms with van der Waals surface area (Å²) in [5.74, 6) is -1.47. The van der Waals surface area contributed by atoms with Crippen LogP contribution < -0.4 is 9.04 Å². The average molecular weight is 379 g/mol. The molecule has 3 rings (SSSR count). The molecule has 0 saturated carbocycles. The van der Waals surface area contributed by atoms with Crippen molar-refractivity contribution in [1.82, 2.24) is 0 Å². The highest BCUT2D eigenvalue weighted by Gasteiger charge is 2.32. The van der Waals surface area contributed by atoms with Gasteiger partial charge in [0.1, 0.15) is 16.5 Å². The van der Waals surface area contributed by atoms with Crippen LogP contribution in [0.25, 0.3) is 0 Å². The molecule has 0 bridgehead atoms. The van der Waals surface area contributed by atoms with Gasteiger partial charge in [-0.05, 0) is 48.2 Å². The van der Waals surface area contributed by atoms with Crippen LogP contribution >= 0.6 is 0 Å². The summed E-state index contributed by atoms with van der Waals surface area (Å²) in [4.78, 5) is 10.8. The Balaban J connectivity index is 2.12. The zero-order valence-corrected chi connectivity index (χ0v) is 14.9. The predicted octanol–water partition coefficient (Wildman–Crippen LogP) is 2.60. The number of benzene rings is 2. The minimum atomic E-state index is -4.04. The van der Waals surface area contributed by atoms with Crippen molar-refractivity contribution in [3.8, 4) is 5.75 Å². The molecule has 2 aromatic carbocycles. The lowest BCUT2D eigenvalue weighted by Gasteiger charge is -2.31. The van der Waals surface area contributed by atoms with Crippen molar-refractivity contribution in [2.24, 2.45) is 0 Å². The van der Waals surface area contributed by atoms with Crippen molar-refractivity contribution in [3.63, 3.8) is 0 Å². The van der Waals surface area contributed by atoms with Gasteiger partial charge in [0.05, 0.1) is 19.2 Å². The molecule has 1 heterocycles. The Morgan fingerprint density at radius 1 is 1.27 bits per heavy atom. The molecule has 138 valence electrons. The fraction of sp³-hybridized carbons (Fsp3) is 0.278.